The number of amides is 1. The van der Waals surface area contributed by atoms with Gasteiger partial charge >= 0.3 is 5.97 Å². The Bertz CT molecular complexity index is 926. The van der Waals surface area contributed by atoms with Crippen LogP contribution in [0.4, 0.5) is 0 Å². The molecule has 0 aliphatic heterocycles. The number of nitrogens with one attached hydrogen (secondary N) is 1. The summed E-state index contributed by atoms with van der Waals surface area (Å²) in [5.74, 6) is -0.520. The van der Waals surface area contributed by atoms with Gasteiger partial charge in [-0.05, 0) is 77.0 Å². The lowest BCUT2D eigenvalue weighted by atomic mass is 10.0. The lowest BCUT2D eigenvalue weighted by molar-refractivity contribution is -0.151. The van der Waals surface area contributed by atoms with Crippen LogP contribution in [0.15, 0.2) is 48.6 Å². The van der Waals surface area contributed by atoms with E-state index in [9.17, 15) is 19.8 Å². The summed E-state index contributed by atoms with van der Waals surface area (Å²) in [4.78, 5) is 25.9. The number of esters is 1. The SMILES string of the molecule is CC/C=C/C/C=C/C/C=C/CCCCCCC(=O)OC(CCCCC/C=C\CCCC)CC(=O)NC(CO)C(O)CCCCCCCCCCCCC. The molecule has 0 bridgehead atoms. The number of aliphatic hydroxyl groups is 2. The summed E-state index contributed by atoms with van der Waals surface area (Å²) in [6.45, 7) is 6.29. The van der Waals surface area contributed by atoms with E-state index in [-0.39, 0.29) is 24.9 Å². The molecule has 53 heavy (non-hydrogen) atoms. The fraction of sp³-hybridized carbons (Fsp3) is 0.787. The molecular weight excluding hydrogens is 659 g/mol. The quantitative estimate of drug-likeness (QED) is 0.0331. The lowest BCUT2D eigenvalue weighted by Crippen LogP contribution is -2.46. The molecule has 0 saturated carbocycles. The van der Waals surface area contributed by atoms with Crippen molar-refractivity contribution in [1.82, 2.24) is 5.32 Å². The number of hydrogen-bond donors (Lipinski definition) is 3. The number of unbranched alkanes of at least 4 members (excludes halogenated alkanes) is 19. The van der Waals surface area contributed by atoms with E-state index >= 15 is 0 Å². The van der Waals surface area contributed by atoms with Gasteiger partial charge in [0.1, 0.15) is 6.10 Å². The summed E-state index contributed by atoms with van der Waals surface area (Å²) >= 11 is 0. The Kier molecular flexibility index (Phi) is 39.3. The van der Waals surface area contributed by atoms with Gasteiger partial charge in [0.2, 0.25) is 5.91 Å². The summed E-state index contributed by atoms with van der Waals surface area (Å²) < 4.78 is 5.87. The van der Waals surface area contributed by atoms with E-state index in [2.05, 4.69) is 74.7 Å². The Hall–Kier alpha value is -2.18. The third-order valence-electron chi connectivity index (χ3n) is 9.89. The maximum Gasteiger partial charge on any atom is 0.306 e. The molecule has 0 aliphatic rings. The molecule has 0 fully saturated rings. The first kappa shape index (κ1) is 50.8. The standard InChI is InChI=1S/C47H85NO5/c1-4-7-10-13-16-19-21-22-23-25-28-31-34-37-40-47(52)53-43(38-35-32-29-26-18-15-12-9-6-3)41-46(51)48-44(42-49)45(50)39-36-33-30-27-24-20-17-14-11-8-5-2/h7,10,15-16,18-19,22-23,43-45,49-50H,4-6,8-9,11-14,17,20-21,24-42H2,1-3H3,(H,48,51)/b10-7+,18-15-,19-16+,23-22+. The number of aliphatic hydroxyl groups excluding tert-OH is 2. The summed E-state index contributed by atoms with van der Waals surface area (Å²) in [6.07, 6.45) is 47.4. The summed E-state index contributed by atoms with van der Waals surface area (Å²) in [5.41, 5.74) is 0. The van der Waals surface area contributed by atoms with Gasteiger partial charge in [-0.2, -0.15) is 0 Å². The van der Waals surface area contributed by atoms with Crippen LogP contribution in [0.3, 0.4) is 0 Å². The van der Waals surface area contributed by atoms with E-state index in [0.717, 1.165) is 103 Å². The zero-order chi connectivity index (χ0) is 38.9. The monoisotopic (exact) mass is 744 g/mol. The van der Waals surface area contributed by atoms with Gasteiger partial charge in [-0.25, -0.2) is 0 Å². The molecule has 308 valence electrons. The predicted molar refractivity (Wildman–Crippen MR) is 227 cm³/mol. The van der Waals surface area contributed by atoms with Gasteiger partial charge < -0.3 is 20.3 Å². The Morgan fingerprint density at radius 1 is 0.566 bits per heavy atom. The van der Waals surface area contributed by atoms with E-state index in [1.807, 2.05) is 0 Å². The zero-order valence-electron chi connectivity index (χ0n) is 34.9. The van der Waals surface area contributed by atoms with Crippen LogP contribution in [0.2, 0.25) is 0 Å². The molecule has 0 rings (SSSR count). The van der Waals surface area contributed by atoms with Crippen LogP contribution in [0, 0.1) is 0 Å². The number of carbonyl (C=O) groups is 2. The van der Waals surface area contributed by atoms with E-state index < -0.39 is 18.2 Å². The summed E-state index contributed by atoms with van der Waals surface area (Å²) in [6, 6.07) is -0.708. The average molecular weight is 744 g/mol. The topological polar surface area (TPSA) is 95.9 Å². The molecule has 3 unspecified atom stereocenters. The second-order valence-electron chi connectivity index (χ2n) is 15.1. The highest BCUT2D eigenvalue weighted by atomic mass is 16.5. The smallest absolute Gasteiger partial charge is 0.306 e. The largest absolute Gasteiger partial charge is 0.462 e. The second kappa shape index (κ2) is 41.0. The van der Waals surface area contributed by atoms with Crippen LogP contribution in [0.1, 0.15) is 213 Å². The minimum absolute atomic E-state index is 0.0568. The molecule has 6 nitrogen and oxygen atoms in total. The van der Waals surface area contributed by atoms with Gasteiger partial charge in [0.25, 0.3) is 0 Å². The fourth-order valence-corrected chi connectivity index (χ4v) is 6.48. The molecule has 0 saturated heterocycles. The van der Waals surface area contributed by atoms with Crippen molar-refractivity contribution in [2.24, 2.45) is 0 Å². The number of allylic oxidation sites excluding steroid dienone is 8. The van der Waals surface area contributed by atoms with Crippen LogP contribution >= 0.6 is 0 Å². The Labute approximate surface area is 327 Å². The zero-order valence-corrected chi connectivity index (χ0v) is 34.9. The maximum absolute atomic E-state index is 13.1. The first-order valence-corrected chi connectivity index (χ1v) is 22.4. The van der Waals surface area contributed by atoms with E-state index in [4.69, 9.17) is 4.74 Å². The van der Waals surface area contributed by atoms with Crippen LogP contribution in [0.5, 0.6) is 0 Å². The molecule has 6 heteroatoms. The van der Waals surface area contributed by atoms with Crippen LogP contribution in [-0.2, 0) is 14.3 Å². The third-order valence-corrected chi connectivity index (χ3v) is 9.89. The van der Waals surface area contributed by atoms with Gasteiger partial charge in [0, 0.05) is 6.42 Å². The molecule has 0 aliphatic carbocycles. The fourth-order valence-electron chi connectivity index (χ4n) is 6.48. The minimum Gasteiger partial charge on any atom is -0.462 e. The maximum atomic E-state index is 13.1. The van der Waals surface area contributed by atoms with Crippen molar-refractivity contribution in [2.45, 2.75) is 232 Å². The van der Waals surface area contributed by atoms with E-state index in [0.29, 0.717) is 19.3 Å². The van der Waals surface area contributed by atoms with Crippen molar-refractivity contribution in [3.8, 4) is 0 Å². The summed E-state index contributed by atoms with van der Waals surface area (Å²) in [7, 11) is 0. The first-order valence-electron chi connectivity index (χ1n) is 22.4. The van der Waals surface area contributed by atoms with E-state index in [1.54, 1.807) is 0 Å². The summed E-state index contributed by atoms with van der Waals surface area (Å²) in [5, 5.41) is 23.6. The van der Waals surface area contributed by atoms with Gasteiger partial charge in [0.05, 0.1) is 25.2 Å². The van der Waals surface area contributed by atoms with Crippen molar-refractivity contribution in [3.63, 3.8) is 0 Å². The van der Waals surface area contributed by atoms with Crippen LogP contribution in [0.25, 0.3) is 0 Å². The Morgan fingerprint density at radius 3 is 1.64 bits per heavy atom. The van der Waals surface area contributed by atoms with Gasteiger partial charge in [-0.15, -0.1) is 0 Å². The second-order valence-corrected chi connectivity index (χ2v) is 15.1. The predicted octanol–water partition coefficient (Wildman–Crippen LogP) is 12.7. The van der Waals surface area contributed by atoms with E-state index in [1.165, 1.54) is 64.2 Å². The highest BCUT2D eigenvalue weighted by Gasteiger charge is 2.24. The first-order chi connectivity index (χ1) is 26.0. The number of carbonyl (C=O) groups excluding carboxylic acids is 2. The van der Waals surface area contributed by atoms with Crippen molar-refractivity contribution < 1.29 is 24.5 Å². The van der Waals surface area contributed by atoms with Crippen molar-refractivity contribution >= 4 is 11.9 Å². The normalized spacial score (nSPS) is 13.8. The Morgan fingerprint density at radius 2 is 1.04 bits per heavy atom. The highest BCUT2D eigenvalue weighted by Crippen LogP contribution is 2.17. The van der Waals surface area contributed by atoms with Gasteiger partial charge in [0.15, 0.2) is 0 Å². The molecule has 0 aromatic rings. The number of ether oxygens (including phenoxy) is 1. The molecule has 3 N–H and O–H groups in total. The number of hydrogen-bond acceptors (Lipinski definition) is 5. The van der Waals surface area contributed by atoms with Crippen molar-refractivity contribution in [1.29, 1.82) is 0 Å². The number of rotatable bonds is 39. The van der Waals surface area contributed by atoms with Crippen molar-refractivity contribution in [2.75, 3.05) is 6.61 Å². The Balaban J connectivity index is 4.59. The lowest BCUT2D eigenvalue weighted by Gasteiger charge is -2.24. The molecule has 0 heterocycles. The van der Waals surface area contributed by atoms with Crippen molar-refractivity contribution in [3.05, 3.63) is 48.6 Å². The average Bonchev–Trinajstić information content (AvgIpc) is 3.15. The molecule has 0 radical (unpaired) electrons. The third kappa shape index (κ3) is 36.6. The molecule has 0 aromatic heterocycles. The highest BCUT2D eigenvalue weighted by molar-refractivity contribution is 5.77. The molecule has 0 spiro atoms. The minimum atomic E-state index is -0.792. The van der Waals surface area contributed by atoms with Crippen LogP contribution < -0.4 is 5.32 Å². The molecule has 3 atom stereocenters. The molecule has 1 amide bonds. The van der Waals surface area contributed by atoms with Gasteiger partial charge in [-0.3, -0.25) is 9.59 Å². The molecular formula is C47H85NO5. The van der Waals surface area contributed by atoms with Gasteiger partial charge in [-0.1, -0.05) is 172 Å². The van der Waals surface area contributed by atoms with Crippen LogP contribution in [-0.4, -0.2) is 46.9 Å². The molecule has 0 aromatic carbocycles.